The van der Waals surface area contributed by atoms with E-state index in [-0.39, 0.29) is 24.4 Å². The average Bonchev–Trinajstić information content (AvgIpc) is 3.32. The van der Waals surface area contributed by atoms with Crippen molar-refractivity contribution in [3.05, 3.63) is 24.2 Å². The first-order valence-electron chi connectivity index (χ1n) is 10.2. The Labute approximate surface area is 165 Å². The first-order chi connectivity index (χ1) is 13.5. The van der Waals surface area contributed by atoms with E-state index >= 15 is 0 Å². The number of hydrogen-bond acceptors (Lipinski definition) is 5. The van der Waals surface area contributed by atoms with E-state index < -0.39 is 11.6 Å². The van der Waals surface area contributed by atoms with Gasteiger partial charge in [0.25, 0.3) is 5.91 Å². The molecule has 2 aliphatic rings. The van der Waals surface area contributed by atoms with Crippen LogP contribution >= 0.6 is 0 Å². The number of rotatable bonds is 8. The fraction of sp³-hybridized carbons (Fsp3) is 0.650. The Morgan fingerprint density at radius 1 is 1.25 bits per heavy atom. The fourth-order valence-electron chi connectivity index (χ4n) is 4.08. The maximum Gasteiger partial charge on any atom is 0.325 e. The molecule has 0 radical (unpaired) electrons. The van der Waals surface area contributed by atoms with Crippen molar-refractivity contribution < 1.29 is 18.8 Å². The summed E-state index contributed by atoms with van der Waals surface area (Å²) in [6.07, 6.45) is 6.11. The minimum atomic E-state index is -0.887. The third kappa shape index (κ3) is 4.06. The van der Waals surface area contributed by atoms with Crippen LogP contribution in [0.3, 0.4) is 0 Å². The smallest absolute Gasteiger partial charge is 0.325 e. The summed E-state index contributed by atoms with van der Waals surface area (Å²) in [4.78, 5) is 40.7. The predicted molar refractivity (Wildman–Crippen MR) is 103 cm³/mol. The quantitative estimate of drug-likeness (QED) is 0.663. The van der Waals surface area contributed by atoms with Gasteiger partial charge in [-0.05, 0) is 50.9 Å². The summed E-state index contributed by atoms with van der Waals surface area (Å²) in [5, 5.41) is 5.63. The summed E-state index contributed by atoms with van der Waals surface area (Å²) in [6, 6.07) is 3.21. The van der Waals surface area contributed by atoms with Crippen LogP contribution in [-0.2, 0) is 9.59 Å². The number of carbonyl (C=O) groups excluding carboxylic acids is 3. The predicted octanol–water partition coefficient (Wildman–Crippen LogP) is 2.03. The van der Waals surface area contributed by atoms with Gasteiger partial charge in [-0.2, -0.15) is 0 Å². The molecule has 2 saturated heterocycles. The third-order valence-electron chi connectivity index (χ3n) is 5.95. The molecule has 0 spiro atoms. The molecule has 0 aliphatic carbocycles. The summed E-state index contributed by atoms with van der Waals surface area (Å²) in [7, 11) is 0. The van der Waals surface area contributed by atoms with Gasteiger partial charge in [-0.25, -0.2) is 4.79 Å². The number of urea groups is 1. The first-order valence-corrected chi connectivity index (χ1v) is 10.2. The van der Waals surface area contributed by atoms with Crippen LogP contribution in [0.25, 0.3) is 0 Å². The van der Waals surface area contributed by atoms with Crippen LogP contribution < -0.4 is 10.6 Å². The maximum absolute atomic E-state index is 12.6. The van der Waals surface area contributed by atoms with Crippen LogP contribution in [-0.4, -0.2) is 59.4 Å². The van der Waals surface area contributed by atoms with Gasteiger partial charge < -0.3 is 15.1 Å². The van der Waals surface area contributed by atoms with Crippen LogP contribution in [0.2, 0.25) is 0 Å². The number of imide groups is 1. The Morgan fingerprint density at radius 2 is 1.96 bits per heavy atom. The summed E-state index contributed by atoms with van der Waals surface area (Å²) in [5.74, 6) is 0.143. The molecule has 3 rings (SSSR count). The van der Waals surface area contributed by atoms with Gasteiger partial charge in [-0.1, -0.05) is 20.3 Å². The number of furan rings is 1. The Kier molecular flexibility index (Phi) is 6.39. The fourth-order valence-corrected chi connectivity index (χ4v) is 4.08. The van der Waals surface area contributed by atoms with Gasteiger partial charge in [-0.3, -0.25) is 19.4 Å². The molecule has 2 fully saturated rings. The van der Waals surface area contributed by atoms with Gasteiger partial charge in [0.15, 0.2) is 0 Å². The lowest BCUT2D eigenvalue weighted by Crippen LogP contribution is -2.47. The highest BCUT2D eigenvalue weighted by molar-refractivity contribution is 6.08. The van der Waals surface area contributed by atoms with Crippen molar-refractivity contribution in [3.8, 4) is 0 Å². The van der Waals surface area contributed by atoms with Crippen LogP contribution in [0.5, 0.6) is 0 Å². The number of carbonyl (C=O) groups is 3. The molecular weight excluding hydrogens is 360 g/mol. The lowest BCUT2D eigenvalue weighted by molar-refractivity contribution is -0.135. The van der Waals surface area contributed by atoms with E-state index in [0.29, 0.717) is 19.4 Å². The molecule has 8 heteroatoms. The Hall–Kier alpha value is -2.35. The molecule has 1 unspecified atom stereocenters. The van der Waals surface area contributed by atoms with E-state index in [1.807, 2.05) is 26.0 Å². The Bertz CT molecular complexity index is 693. The minimum absolute atomic E-state index is 0.0484. The standard InChI is InChI=1S/C20H30N4O4/c1-3-20(4-2)18(26)24(19(27)22-20)14-17(25)21-13-15(16-9-8-12-28-16)23-10-6-5-7-11-23/h8-9,12,15H,3-7,10-11,13-14H2,1-2H3,(H,21,25)(H,22,27). The van der Waals surface area contributed by atoms with Gasteiger partial charge in [0.1, 0.15) is 17.8 Å². The lowest BCUT2D eigenvalue weighted by atomic mass is 9.93. The van der Waals surface area contributed by atoms with Crippen molar-refractivity contribution in [1.29, 1.82) is 0 Å². The normalized spacial score (nSPS) is 20.9. The molecule has 1 atom stereocenters. The second kappa shape index (κ2) is 8.77. The monoisotopic (exact) mass is 390 g/mol. The van der Waals surface area contributed by atoms with E-state index in [4.69, 9.17) is 4.42 Å². The number of amides is 4. The van der Waals surface area contributed by atoms with Crippen molar-refractivity contribution in [2.24, 2.45) is 0 Å². The van der Waals surface area contributed by atoms with E-state index in [9.17, 15) is 14.4 Å². The van der Waals surface area contributed by atoms with Crippen LogP contribution in [0.1, 0.15) is 57.8 Å². The van der Waals surface area contributed by atoms with Crippen molar-refractivity contribution >= 4 is 17.8 Å². The average molecular weight is 390 g/mol. The SMILES string of the molecule is CCC1(CC)NC(=O)N(CC(=O)NCC(c2ccco2)N2CCCCC2)C1=O. The second-order valence-corrected chi connectivity index (χ2v) is 7.54. The molecule has 28 heavy (non-hydrogen) atoms. The van der Waals surface area contributed by atoms with Crippen molar-refractivity contribution in [2.75, 3.05) is 26.2 Å². The highest BCUT2D eigenvalue weighted by Gasteiger charge is 2.49. The van der Waals surface area contributed by atoms with Crippen LogP contribution in [0.4, 0.5) is 4.79 Å². The van der Waals surface area contributed by atoms with Gasteiger partial charge in [0.05, 0.1) is 12.3 Å². The zero-order valence-corrected chi connectivity index (χ0v) is 16.7. The molecular formula is C20H30N4O4. The summed E-state index contributed by atoms with van der Waals surface area (Å²) in [5.41, 5.74) is -0.887. The zero-order chi connectivity index (χ0) is 20.1. The van der Waals surface area contributed by atoms with E-state index in [2.05, 4.69) is 15.5 Å². The van der Waals surface area contributed by atoms with E-state index in [0.717, 1.165) is 36.6 Å². The molecule has 0 saturated carbocycles. The minimum Gasteiger partial charge on any atom is -0.468 e. The molecule has 3 heterocycles. The number of nitrogens with one attached hydrogen (secondary N) is 2. The zero-order valence-electron chi connectivity index (χ0n) is 16.7. The van der Waals surface area contributed by atoms with Gasteiger partial charge in [-0.15, -0.1) is 0 Å². The summed E-state index contributed by atoms with van der Waals surface area (Å²) in [6.45, 7) is 5.75. The molecule has 2 aliphatic heterocycles. The molecule has 0 bridgehead atoms. The van der Waals surface area contributed by atoms with Gasteiger partial charge in [0.2, 0.25) is 5.91 Å². The largest absolute Gasteiger partial charge is 0.468 e. The first kappa shape index (κ1) is 20.4. The second-order valence-electron chi connectivity index (χ2n) is 7.54. The molecule has 0 aromatic carbocycles. The van der Waals surface area contributed by atoms with Crippen molar-refractivity contribution in [2.45, 2.75) is 57.5 Å². The van der Waals surface area contributed by atoms with E-state index in [1.165, 1.54) is 6.42 Å². The Morgan fingerprint density at radius 3 is 2.54 bits per heavy atom. The number of piperidine rings is 1. The summed E-state index contributed by atoms with van der Waals surface area (Å²) >= 11 is 0. The molecule has 8 nitrogen and oxygen atoms in total. The number of nitrogens with zero attached hydrogens (tertiary/aromatic N) is 2. The lowest BCUT2D eigenvalue weighted by Gasteiger charge is -2.33. The molecule has 154 valence electrons. The third-order valence-corrected chi connectivity index (χ3v) is 5.95. The molecule has 1 aromatic heterocycles. The van der Waals surface area contributed by atoms with Crippen LogP contribution in [0.15, 0.2) is 22.8 Å². The van der Waals surface area contributed by atoms with Gasteiger partial charge >= 0.3 is 6.03 Å². The maximum atomic E-state index is 12.6. The molecule has 1 aromatic rings. The number of hydrogen-bond donors (Lipinski definition) is 2. The molecule has 4 amide bonds. The topological polar surface area (TPSA) is 94.9 Å². The number of likely N-dealkylation sites (tertiary alicyclic amines) is 1. The summed E-state index contributed by atoms with van der Waals surface area (Å²) < 4.78 is 5.58. The molecule has 2 N–H and O–H groups in total. The van der Waals surface area contributed by atoms with E-state index in [1.54, 1.807) is 6.26 Å². The van der Waals surface area contributed by atoms with Crippen molar-refractivity contribution in [3.63, 3.8) is 0 Å². The highest BCUT2D eigenvalue weighted by atomic mass is 16.3. The van der Waals surface area contributed by atoms with Crippen molar-refractivity contribution in [1.82, 2.24) is 20.4 Å². The van der Waals surface area contributed by atoms with Crippen LogP contribution in [0, 0.1) is 0 Å². The highest BCUT2D eigenvalue weighted by Crippen LogP contribution is 2.26. The van der Waals surface area contributed by atoms with Gasteiger partial charge in [0, 0.05) is 6.54 Å². The Balaban J connectivity index is 1.60.